The Morgan fingerprint density at radius 1 is 0.917 bits per heavy atom. The molecule has 128 valence electrons. The van der Waals surface area contributed by atoms with Gasteiger partial charge in [-0.25, -0.2) is 0 Å². The van der Waals surface area contributed by atoms with E-state index in [-0.39, 0.29) is 0 Å². The van der Waals surface area contributed by atoms with Gasteiger partial charge in [0.1, 0.15) is 5.75 Å². The summed E-state index contributed by atoms with van der Waals surface area (Å²) in [7, 11) is 7.53. The van der Waals surface area contributed by atoms with Crippen molar-refractivity contribution < 1.29 is 4.74 Å². The Bertz CT molecular complexity index is 648. The summed E-state index contributed by atoms with van der Waals surface area (Å²) in [6, 6.07) is 16.5. The summed E-state index contributed by atoms with van der Waals surface area (Å²) < 4.78 is 5.17. The number of hydrogen-bond acceptors (Lipinski definition) is 3. The number of anilines is 1. The zero-order chi connectivity index (χ0) is 17.4. The first kappa shape index (κ1) is 17.7. The molecule has 0 unspecified atom stereocenters. The molecule has 2 N–H and O–H groups in total. The molecule has 0 saturated carbocycles. The molecule has 5 nitrogen and oxygen atoms in total. The van der Waals surface area contributed by atoms with Gasteiger partial charge < -0.3 is 20.3 Å². The van der Waals surface area contributed by atoms with Crippen molar-refractivity contribution in [3.05, 3.63) is 59.7 Å². The van der Waals surface area contributed by atoms with Crippen molar-refractivity contribution in [2.24, 2.45) is 4.99 Å². The van der Waals surface area contributed by atoms with Gasteiger partial charge >= 0.3 is 0 Å². The number of rotatable bonds is 6. The zero-order valence-corrected chi connectivity index (χ0v) is 14.8. The topological polar surface area (TPSA) is 48.9 Å². The summed E-state index contributed by atoms with van der Waals surface area (Å²) in [5, 5.41) is 6.64. The van der Waals surface area contributed by atoms with Crippen molar-refractivity contribution in [1.29, 1.82) is 0 Å². The van der Waals surface area contributed by atoms with Crippen LogP contribution in [-0.2, 0) is 13.1 Å². The molecular formula is C19H26N4O. The summed E-state index contributed by atoms with van der Waals surface area (Å²) in [4.78, 5) is 6.35. The van der Waals surface area contributed by atoms with Crippen LogP contribution < -0.4 is 20.3 Å². The van der Waals surface area contributed by atoms with Gasteiger partial charge in [0, 0.05) is 39.9 Å². The van der Waals surface area contributed by atoms with Gasteiger partial charge in [-0.15, -0.1) is 0 Å². The molecule has 0 heterocycles. The lowest BCUT2D eigenvalue weighted by Gasteiger charge is -2.14. The van der Waals surface area contributed by atoms with E-state index in [1.165, 1.54) is 16.8 Å². The van der Waals surface area contributed by atoms with E-state index in [2.05, 4.69) is 44.8 Å². The maximum Gasteiger partial charge on any atom is 0.191 e. The molecule has 0 aliphatic heterocycles. The van der Waals surface area contributed by atoms with Gasteiger partial charge in [0.15, 0.2) is 5.96 Å². The Labute approximate surface area is 144 Å². The molecule has 0 saturated heterocycles. The molecule has 0 radical (unpaired) electrons. The fourth-order valence-corrected chi connectivity index (χ4v) is 2.25. The number of benzene rings is 2. The number of methoxy groups -OCH3 is 1. The van der Waals surface area contributed by atoms with Crippen LogP contribution in [0.15, 0.2) is 53.5 Å². The summed E-state index contributed by atoms with van der Waals surface area (Å²) in [6.45, 7) is 1.44. The molecule has 0 amide bonds. The molecule has 0 aliphatic carbocycles. The lowest BCUT2D eigenvalue weighted by molar-refractivity contribution is 0.414. The first-order valence-electron chi connectivity index (χ1n) is 7.96. The van der Waals surface area contributed by atoms with Crippen molar-refractivity contribution in [3.63, 3.8) is 0 Å². The SMILES string of the molecule is CN=C(NCc1ccc(OC)cc1)NCc1ccc(N(C)C)cc1. The lowest BCUT2D eigenvalue weighted by atomic mass is 10.2. The second-order valence-corrected chi connectivity index (χ2v) is 5.69. The number of aliphatic imine (C=N–C) groups is 1. The summed E-state index contributed by atoms with van der Waals surface area (Å²) >= 11 is 0. The molecule has 2 aromatic rings. The van der Waals surface area contributed by atoms with Crippen molar-refractivity contribution in [3.8, 4) is 5.75 Å². The van der Waals surface area contributed by atoms with Gasteiger partial charge in [-0.05, 0) is 35.4 Å². The van der Waals surface area contributed by atoms with Crippen LogP contribution in [0.1, 0.15) is 11.1 Å². The Balaban J connectivity index is 1.83. The predicted octanol–water partition coefficient (Wildman–Crippen LogP) is 2.63. The maximum absolute atomic E-state index is 5.17. The Hall–Kier alpha value is -2.69. The molecule has 0 spiro atoms. The van der Waals surface area contributed by atoms with Gasteiger partial charge in [0.05, 0.1) is 7.11 Å². The smallest absolute Gasteiger partial charge is 0.191 e. The summed E-state index contributed by atoms with van der Waals surface area (Å²) in [6.07, 6.45) is 0. The fraction of sp³-hybridized carbons (Fsp3) is 0.316. The van der Waals surface area contributed by atoms with E-state index in [0.29, 0.717) is 6.54 Å². The monoisotopic (exact) mass is 326 g/mol. The summed E-state index contributed by atoms with van der Waals surface area (Å²) in [5.41, 5.74) is 3.59. The van der Waals surface area contributed by atoms with Crippen LogP contribution in [0.4, 0.5) is 5.69 Å². The van der Waals surface area contributed by atoms with Gasteiger partial charge in [-0.1, -0.05) is 24.3 Å². The minimum Gasteiger partial charge on any atom is -0.497 e. The highest BCUT2D eigenvalue weighted by Crippen LogP contribution is 2.12. The first-order chi connectivity index (χ1) is 11.6. The van der Waals surface area contributed by atoms with Crippen LogP contribution in [0.3, 0.4) is 0 Å². The van der Waals surface area contributed by atoms with Crippen LogP contribution in [0, 0.1) is 0 Å². The van der Waals surface area contributed by atoms with E-state index in [1.54, 1.807) is 14.2 Å². The second-order valence-electron chi connectivity index (χ2n) is 5.69. The van der Waals surface area contributed by atoms with Gasteiger partial charge in [-0.3, -0.25) is 4.99 Å². The number of hydrogen-bond donors (Lipinski definition) is 2. The Morgan fingerprint density at radius 3 is 1.83 bits per heavy atom. The standard InChI is InChI=1S/C19H26N4O/c1-20-19(22-14-16-7-11-18(24-4)12-8-16)21-13-15-5-9-17(10-6-15)23(2)3/h5-12H,13-14H2,1-4H3,(H2,20,21,22). The maximum atomic E-state index is 5.17. The number of nitrogens with zero attached hydrogens (tertiary/aromatic N) is 2. The third-order valence-electron chi connectivity index (χ3n) is 3.76. The highest BCUT2D eigenvalue weighted by Gasteiger charge is 2.01. The highest BCUT2D eigenvalue weighted by molar-refractivity contribution is 5.79. The van der Waals surface area contributed by atoms with E-state index in [9.17, 15) is 0 Å². The van der Waals surface area contributed by atoms with Gasteiger partial charge in [0.25, 0.3) is 0 Å². The number of guanidine groups is 1. The lowest BCUT2D eigenvalue weighted by Crippen LogP contribution is -2.36. The molecule has 0 aromatic heterocycles. The van der Waals surface area contributed by atoms with Crippen molar-refractivity contribution in [2.45, 2.75) is 13.1 Å². The molecule has 0 bridgehead atoms. The molecule has 2 aromatic carbocycles. The van der Waals surface area contributed by atoms with E-state index < -0.39 is 0 Å². The quantitative estimate of drug-likeness (QED) is 0.633. The van der Waals surface area contributed by atoms with Crippen molar-refractivity contribution in [2.75, 3.05) is 33.2 Å². The predicted molar refractivity (Wildman–Crippen MR) is 101 cm³/mol. The number of ether oxygens (including phenoxy) is 1. The Morgan fingerprint density at radius 2 is 1.42 bits per heavy atom. The molecule has 5 heteroatoms. The first-order valence-corrected chi connectivity index (χ1v) is 7.96. The minimum absolute atomic E-state index is 0.712. The second kappa shape index (κ2) is 8.82. The third-order valence-corrected chi connectivity index (χ3v) is 3.76. The zero-order valence-electron chi connectivity index (χ0n) is 14.8. The molecule has 0 atom stereocenters. The largest absolute Gasteiger partial charge is 0.497 e. The molecule has 2 rings (SSSR count). The van der Waals surface area contributed by atoms with E-state index >= 15 is 0 Å². The van der Waals surface area contributed by atoms with Crippen LogP contribution >= 0.6 is 0 Å². The van der Waals surface area contributed by atoms with Crippen molar-refractivity contribution >= 4 is 11.6 Å². The van der Waals surface area contributed by atoms with Crippen molar-refractivity contribution in [1.82, 2.24) is 10.6 Å². The minimum atomic E-state index is 0.712. The average molecular weight is 326 g/mol. The molecule has 0 aliphatic rings. The molecule has 0 fully saturated rings. The number of nitrogens with one attached hydrogen (secondary N) is 2. The summed E-state index contributed by atoms with van der Waals surface area (Å²) in [5.74, 6) is 1.64. The van der Waals surface area contributed by atoms with E-state index in [1.807, 2.05) is 38.4 Å². The van der Waals surface area contributed by atoms with Crippen LogP contribution in [0.5, 0.6) is 5.75 Å². The third kappa shape index (κ3) is 5.19. The van der Waals surface area contributed by atoms with Crippen LogP contribution in [-0.4, -0.2) is 34.2 Å². The average Bonchev–Trinajstić information content (AvgIpc) is 2.62. The highest BCUT2D eigenvalue weighted by atomic mass is 16.5. The molecular weight excluding hydrogens is 300 g/mol. The van der Waals surface area contributed by atoms with E-state index in [4.69, 9.17) is 4.74 Å². The van der Waals surface area contributed by atoms with E-state index in [0.717, 1.165) is 18.3 Å². The van der Waals surface area contributed by atoms with Crippen LogP contribution in [0.25, 0.3) is 0 Å². The normalized spacial score (nSPS) is 11.1. The fourth-order valence-electron chi connectivity index (χ4n) is 2.25. The van der Waals surface area contributed by atoms with Crippen LogP contribution in [0.2, 0.25) is 0 Å². The van der Waals surface area contributed by atoms with Gasteiger partial charge in [0.2, 0.25) is 0 Å². The Kier molecular flexibility index (Phi) is 6.49. The van der Waals surface area contributed by atoms with Gasteiger partial charge in [-0.2, -0.15) is 0 Å². The molecule has 24 heavy (non-hydrogen) atoms.